The van der Waals surface area contributed by atoms with Crippen molar-refractivity contribution in [2.45, 2.75) is 18.7 Å². The van der Waals surface area contributed by atoms with Crippen LogP contribution in [0, 0.1) is 13.8 Å². The zero-order valence-corrected chi connectivity index (χ0v) is 9.96. The second kappa shape index (κ2) is 3.43. The van der Waals surface area contributed by atoms with Crippen molar-refractivity contribution in [3.8, 4) is 5.75 Å². The SMILES string of the molecule is Cc1cc(S(C)(C)Cl)cc(C)c1O. The van der Waals surface area contributed by atoms with E-state index in [4.69, 9.17) is 10.7 Å². The van der Waals surface area contributed by atoms with Gasteiger partial charge >= 0.3 is 0 Å². The summed E-state index contributed by atoms with van der Waals surface area (Å²) in [4.78, 5) is 1.13. The minimum atomic E-state index is -1.20. The topological polar surface area (TPSA) is 20.2 Å². The van der Waals surface area contributed by atoms with Crippen LogP contribution in [-0.2, 0) is 0 Å². The highest BCUT2D eigenvalue weighted by molar-refractivity contribution is 8.50. The first-order valence-corrected chi connectivity index (χ1v) is 7.33. The van der Waals surface area contributed by atoms with Crippen LogP contribution < -0.4 is 0 Å². The molecule has 0 spiro atoms. The van der Waals surface area contributed by atoms with Crippen molar-refractivity contribution < 1.29 is 5.11 Å². The van der Waals surface area contributed by atoms with Gasteiger partial charge in [-0.2, -0.15) is 0 Å². The first kappa shape index (κ1) is 10.7. The molecule has 0 heterocycles. The molecule has 1 rings (SSSR count). The number of benzene rings is 1. The quantitative estimate of drug-likeness (QED) is 0.764. The second-order valence-electron chi connectivity index (χ2n) is 3.61. The molecule has 1 aromatic carbocycles. The molecule has 0 fully saturated rings. The Balaban J connectivity index is 3.29. The summed E-state index contributed by atoms with van der Waals surface area (Å²) < 4.78 is 0. The van der Waals surface area contributed by atoms with Crippen LogP contribution >= 0.6 is 19.9 Å². The molecule has 1 nitrogen and oxygen atoms in total. The van der Waals surface area contributed by atoms with Crippen molar-refractivity contribution in [2.75, 3.05) is 12.5 Å². The van der Waals surface area contributed by atoms with Crippen molar-refractivity contribution in [1.29, 1.82) is 0 Å². The summed E-state index contributed by atoms with van der Waals surface area (Å²) in [5.41, 5.74) is 1.80. The van der Waals surface area contributed by atoms with Crippen LogP contribution in [0.4, 0.5) is 0 Å². The predicted octanol–water partition coefficient (Wildman–Crippen LogP) is 3.59. The normalized spacial score (nSPS) is 13.0. The second-order valence-corrected chi connectivity index (χ2v) is 8.80. The lowest BCUT2D eigenvalue weighted by Gasteiger charge is -2.23. The molecule has 0 aliphatic carbocycles. The number of halogens is 1. The molecule has 0 radical (unpaired) electrons. The molecule has 13 heavy (non-hydrogen) atoms. The minimum absolute atomic E-state index is 0.379. The Kier molecular flexibility index (Phi) is 2.83. The maximum Gasteiger partial charge on any atom is 0.121 e. The van der Waals surface area contributed by atoms with Crippen molar-refractivity contribution in [3.05, 3.63) is 23.3 Å². The number of hydrogen-bond acceptors (Lipinski definition) is 1. The van der Waals surface area contributed by atoms with Gasteiger partial charge in [-0.25, -0.2) is 0 Å². The minimum Gasteiger partial charge on any atom is -0.507 e. The summed E-state index contributed by atoms with van der Waals surface area (Å²) in [5.74, 6) is 0.379. The molecule has 0 saturated heterocycles. The Morgan fingerprint density at radius 1 is 1.15 bits per heavy atom. The standard InChI is InChI=1S/C10H15ClOS/c1-7-5-9(13(3,4)11)6-8(2)10(7)12/h5-6,12H,1-4H3. The Morgan fingerprint density at radius 3 is 1.85 bits per heavy atom. The monoisotopic (exact) mass is 218 g/mol. The number of aryl methyl sites for hydroxylation is 2. The molecule has 0 aliphatic rings. The fourth-order valence-electron chi connectivity index (χ4n) is 1.20. The molecular formula is C10H15ClOS. The van der Waals surface area contributed by atoms with E-state index < -0.39 is 9.24 Å². The summed E-state index contributed by atoms with van der Waals surface area (Å²) >= 11 is 0. The molecule has 1 aromatic rings. The average molecular weight is 219 g/mol. The fourth-order valence-corrected chi connectivity index (χ4v) is 2.38. The fraction of sp³-hybridized carbons (Fsp3) is 0.400. The van der Waals surface area contributed by atoms with E-state index in [1.54, 1.807) is 0 Å². The Bertz CT molecular complexity index is 305. The highest BCUT2D eigenvalue weighted by atomic mass is 35.7. The zero-order valence-electron chi connectivity index (χ0n) is 8.39. The number of phenols is 1. The van der Waals surface area contributed by atoms with E-state index in [1.807, 2.05) is 38.5 Å². The summed E-state index contributed by atoms with van der Waals surface area (Å²) in [6, 6.07) is 3.93. The van der Waals surface area contributed by atoms with E-state index in [1.165, 1.54) is 0 Å². The predicted molar refractivity (Wildman–Crippen MR) is 61.1 cm³/mol. The summed E-state index contributed by atoms with van der Waals surface area (Å²) in [6.45, 7) is 3.79. The highest BCUT2D eigenvalue weighted by Gasteiger charge is 2.13. The number of phenolic OH excluding ortho intramolecular Hbond substituents is 1. The van der Waals surface area contributed by atoms with Crippen LogP contribution in [0.1, 0.15) is 11.1 Å². The third-order valence-corrected chi connectivity index (χ3v) is 3.92. The van der Waals surface area contributed by atoms with E-state index in [2.05, 4.69) is 0 Å². The van der Waals surface area contributed by atoms with Gasteiger partial charge < -0.3 is 5.11 Å². The van der Waals surface area contributed by atoms with Gasteiger partial charge in [0.25, 0.3) is 0 Å². The molecule has 0 aliphatic heterocycles. The first-order chi connectivity index (χ1) is 5.82. The van der Waals surface area contributed by atoms with Gasteiger partial charge in [-0.15, -0.1) is 9.24 Å². The number of hydrogen-bond donors (Lipinski definition) is 1. The Hall–Kier alpha value is -0.340. The van der Waals surface area contributed by atoms with Gasteiger partial charge in [-0.3, -0.25) is 0 Å². The van der Waals surface area contributed by atoms with Gasteiger partial charge in [-0.05, 0) is 49.6 Å². The molecule has 1 N–H and O–H groups in total. The molecule has 74 valence electrons. The lowest BCUT2D eigenvalue weighted by atomic mass is 10.1. The Morgan fingerprint density at radius 2 is 1.54 bits per heavy atom. The van der Waals surface area contributed by atoms with Gasteiger partial charge in [0.1, 0.15) is 5.75 Å². The first-order valence-electron chi connectivity index (χ1n) is 4.05. The lowest BCUT2D eigenvalue weighted by Crippen LogP contribution is -1.90. The van der Waals surface area contributed by atoms with Gasteiger partial charge in [-0.1, -0.05) is 10.7 Å². The van der Waals surface area contributed by atoms with Crippen LogP contribution in [-0.4, -0.2) is 17.6 Å². The largest absolute Gasteiger partial charge is 0.507 e. The lowest BCUT2D eigenvalue weighted by molar-refractivity contribution is 0.466. The summed E-state index contributed by atoms with van der Waals surface area (Å²) in [7, 11) is 5.05. The summed E-state index contributed by atoms with van der Waals surface area (Å²) in [5, 5.41) is 9.56. The molecule has 3 heteroatoms. The van der Waals surface area contributed by atoms with Crippen molar-refractivity contribution in [2.24, 2.45) is 0 Å². The van der Waals surface area contributed by atoms with Crippen LogP contribution in [0.3, 0.4) is 0 Å². The Labute approximate surface area is 85.6 Å². The third kappa shape index (κ3) is 2.32. The third-order valence-electron chi connectivity index (χ3n) is 2.03. The van der Waals surface area contributed by atoms with Gasteiger partial charge in [0, 0.05) is 4.90 Å². The highest BCUT2D eigenvalue weighted by Crippen LogP contribution is 2.54. The van der Waals surface area contributed by atoms with Crippen LogP contribution in [0.5, 0.6) is 5.75 Å². The maximum absolute atomic E-state index is 9.56. The van der Waals surface area contributed by atoms with Crippen molar-refractivity contribution in [1.82, 2.24) is 0 Å². The van der Waals surface area contributed by atoms with Crippen molar-refractivity contribution >= 4 is 19.9 Å². The van der Waals surface area contributed by atoms with Crippen LogP contribution in [0.15, 0.2) is 17.0 Å². The zero-order chi connectivity index (χ0) is 10.2. The van der Waals surface area contributed by atoms with Crippen LogP contribution in [0.25, 0.3) is 0 Å². The van der Waals surface area contributed by atoms with E-state index in [0.29, 0.717) is 5.75 Å². The maximum atomic E-state index is 9.56. The van der Waals surface area contributed by atoms with Gasteiger partial charge in [0.15, 0.2) is 0 Å². The van der Waals surface area contributed by atoms with Crippen molar-refractivity contribution in [3.63, 3.8) is 0 Å². The van der Waals surface area contributed by atoms with Gasteiger partial charge in [0.2, 0.25) is 0 Å². The van der Waals surface area contributed by atoms with E-state index in [9.17, 15) is 5.11 Å². The van der Waals surface area contributed by atoms with Crippen LogP contribution in [0.2, 0.25) is 0 Å². The summed E-state index contributed by atoms with van der Waals surface area (Å²) in [6.07, 6.45) is 4.06. The van der Waals surface area contributed by atoms with E-state index >= 15 is 0 Å². The molecule has 0 saturated carbocycles. The van der Waals surface area contributed by atoms with E-state index in [0.717, 1.165) is 16.0 Å². The molecule has 0 bridgehead atoms. The molecular weight excluding hydrogens is 204 g/mol. The molecule has 0 unspecified atom stereocenters. The van der Waals surface area contributed by atoms with E-state index in [-0.39, 0.29) is 0 Å². The average Bonchev–Trinajstić information content (AvgIpc) is 1.97. The molecule has 0 atom stereocenters. The number of aromatic hydroxyl groups is 1. The molecule has 0 amide bonds. The van der Waals surface area contributed by atoms with Gasteiger partial charge in [0.05, 0.1) is 0 Å². The number of rotatable bonds is 1. The molecule has 0 aromatic heterocycles. The smallest absolute Gasteiger partial charge is 0.121 e.